The predicted molar refractivity (Wildman–Crippen MR) is 91.1 cm³/mol. The average molecular weight is 291 g/mol. The molecular formula is C19H21N3. The smallest absolute Gasteiger partial charge is 0.0771 e. The molecule has 0 saturated carbocycles. The molecule has 2 N–H and O–H groups in total. The number of benzene rings is 2. The van der Waals surface area contributed by atoms with Gasteiger partial charge in [-0.3, -0.25) is 0 Å². The summed E-state index contributed by atoms with van der Waals surface area (Å²) in [5.74, 6) is 0. The van der Waals surface area contributed by atoms with E-state index in [1.165, 1.54) is 16.7 Å². The standard InChI is InChI=1S/C19H21N3/c1-13-4-7-16(8-5-13)19-11-17(12-20)21-22(19)18-9-6-14(2)10-15(18)3/h4-11H,12,20H2,1-3H3. The predicted octanol–water partition coefficient (Wildman–Crippen LogP) is 3.92. The minimum absolute atomic E-state index is 0.441. The lowest BCUT2D eigenvalue weighted by molar-refractivity contribution is 0.833. The van der Waals surface area contributed by atoms with Gasteiger partial charge in [0.15, 0.2) is 0 Å². The van der Waals surface area contributed by atoms with Crippen molar-refractivity contribution in [3.05, 3.63) is 70.9 Å². The Morgan fingerprint density at radius 1 is 0.909 bits per heavy atom. The van der Waals surface area contributed by atoms with E-state index in [1.807, 2.05) is 4.68 Å². The summed E-state index contributed by atoms with van der Waals surface area (Å²) in [6, 6.07) is 17.0. The molecule has 0 aliphatic rings. The molecule has 0 radical (unpaired) electrons. The maximum Gasteiger partial charge on any atom is 0.0771 e. The quantitative estimate of drug-likeness (QED) is 0.794. The van der Waals surface area contributed by atoms with Gasteiger partial charge >= 0.3 is 0 Å². The van der Waals surface area contributed by atoms with Crippen molar-refractivity contribution in [2.24, 2.45) is 5.73 Å². The van der Waals surface area contributed by atoms with Crippen LogP contribution in [0.25, 0.3) is 16.9 Å². The minimum Gasteiger partial charge on any atom is -0.325 e. The zero-order valence-corrected chi connectivity index (χ0v) is 13.3. The van der Waals surface area contributed by atoms with Crippen LogP contribution in [-0.4, -0.2) is 9.78 Å². The van der Waals surface area contributed by atoms with Crippen LogP contribution in [0.15, 0.2) is 48.5 Å². The monoisotopic (exact) mass is 291 g/mol. The summed E-state index contributed by atoms with van der Waals surface area (Å²) in [7, 11) is 0. The van der Waals surface area contributed by atoms with Crippen molar-refractivity contribution >= 4 is 0 Å². The van der Waals surface area contributed by atoms with Crippen molar-refractivity contribution in [2.75, 3.05) is 0 Å². The van der Waals surface area contributed by atoms with E-state index < -0.39 is 0 Å². The highest BCUT2D eigenvalue weighted by Crippen LogP contribution is 2.26. The highest BCUT2D eigenvalue weighted by molar-refractivity contribution is 5.64. The Morgan fingerprint density at radius 3 is 2.23 bits per heavy atom. The van der Waals surface area contributed by atoms with Crippen LogP contribution < -0.4 is 5.73 Å². The number of aryl methyl sites for hydroxylation is 3. The van der Waals surface area contributed by atoms with Gasteiger partial charge < -0.3 is 5.73 Å². The molecule has 3 heteroatoms. The maximum absolute atomic E-state index is 5.80. The van der Waals surface area contributed by atoms with Crippen LogP contribution in [0.5, 0.6) is 0 Å². The molecule has 0 bridgehead atoms. The van der Waals surface area contributed by atoms with Crippen molar-refractivity contribution in [3.8, 4) is 16.9 Å². The molecule has 0 unspecified atom stereocenters. The zero-order chi connectivity index (χ0) is 15.7. The molecule has 3 aromatic rings. The van der Waals surface area contributed by atoms with Gasteiger partial charge in [0.1, 0.15) is 0 Å². The van der Waals surface area contributed by atoms with E-state index in [4.69, 9.17) is 5.73 Å². The number of rotatable bonds is 3. The largest absolute Gasteiger partial charge is 0.325 e. The van der Waals surface area contributed by atoms with Crippen LogP contribution in [0.2, 0.25) is 0 Å². The van der Waals surface area contributed by atoms with Crippen molar-refractivity contribution in [2.45, 2.75) is 27.3 Å². The fourth-order valence-electron chi connectivity index (χ4n) is 2.69. The van der Waals surface area contributed by atoms with E-state index in [1.54, 1.807) is 0 Å². The third-order valence-corrected chi connectivity index (χ3v) is 3.90. The molecule has 2 aromatic carbocycles. The van der Waals surface area contributed by atoms with E-state index in [2.05, 4.69) is 74.4 Å². The molecule has 22 heavy (non-hydrogen) atoms. The fourth-order valence-corrected chi connectivity index (χ4v) is 2.69. The van der Waals surface area contributed by atoms with Crippen LogP contribution in [0.3, 0.4) is 0 Å². The second kappa shape index (κ2) is 5.78. The molecule has 1 heterocycles. The second-order valence-electron chi connectivity index (χ2n) is 5.79. The molecule has 112 valence electrons. The third-order valence-electron chi connectivity index (χ3n) is 3.90. The number of hydrogen-bond donors (Lipinski definition) is 1. The fraction of sp³-hybridized carbons (Fsp3) is 0.211. The van der Waals surface area contributed by atoms with Gasteiger partial charge in [-0.2, -0.15) is 5.10 Å². The number of aromatic nitrogens is 2. The van der Waals surface area contributed by atoms with Crippen LogP contribution in [0, 0.1) is 20.8 Å². The van der Waals surface area contributed by atoms with Gasteiger partial charge in [0.05, 0.1) is 17.1 Å². The van der Waals surface area contributed by atoms with E-state index in [-0.39, 0.29) is 0 Å². The first-order chi connectivity index (χ1) is 10.6. The zero-order valence-electron chi connectivity index (χ0n) is 13.3. The lowest BCUT2D eigenvalue weighted by Gasteiger charge is -2.11. The normalized spacial score (nSPS) is 10.9. The highest BCUT2D eigenvalue weighted by atomic mass is 15.3. The topological polar surface area (TPSA) is 43.8 Å². The summed E-state index contributed by atoms with van der Waals surface area (Å²) in [6.45, 7) is 6.75. The van der Waals surface area contributed by atoms with Gasteiger partial charge in [-0.25, -0.2) is 4.68 Å². The van der Waals surface area contributed by atoms with Gasteiger partial charge in [-0.15, -0.1) is 0 Å². The summed E-state index contributed by atoms with van der Waals surface area (Å²) in [4.78, 5) is 0. The Kier molecular flexibility index (Phi) is 3.82. The van der Waals surface area contributed by atoms with Crippen LogP contribution in [0.1, 0.15) is 22.4 Å². The SMILES string of the molecule is Cc1ccc(-c2cc(CN)nn2-c2ccc(C)cc2C)cc1. The van der Waals surface area contributed by atoms with Gasteiger partial charge in [-0.1, -0.05) is 47.5 Å². The first-order valence-electron chi connectivity index (χ1n) is 7.52. The number of hydrogen-bond acceptors (Lipinski definition) is 2. The summed E-state index contributed by atoms with van der Waals surface area (Å²) < 4.78 is 2.00. The van der Waals surface area contributed by atoms with Crippen LogP contribution in [0.4, 0.5) is 0 Å². The van der Waals surface area contributed by atoms with Crippen LogP contribution in [-0.2, 0) is 6.54 Å². The van der Waals surface area contributed by atoms with Gasteiger partial charge in [0.2, 0.25) is 0 Å². The summed E-state index contributed by atoms with van der Waals surface area (Å²) in [5, 5.41) is 4.68. The second-order valence-corrected chi connectivity index (χ2v) is 5.79. The molecule has 3 nitrogen and oxygen atoms in total. The average Bonchev–Trinajstić information content (AvgIpc) is 2.92. The lowest BCUT2D eigenvalue weighted by atomic mass is 10.1. The van der Waals surface area contributed by atoms with E-state index >= 15 is 0 Å². The molecule has 0 aliphatic heterocycles. The molecule has 0 aliphatic carbocycles. The Hall–Kier alpha value is -2.39. The molecule has 0 spiro atoms. The molecule has 0 atom stereocenters. The van der Waals surface area contributed by atoms with E-state index in [0.717, 1.165) is 22.6 Å². The summed E-state index contributed by atoms with van der Waals surface area (Å²) in [6.07, 6.45) is 0. The third kappa shape index (κ3) is 2.68. The summed E-state index contributed by atoms with van der Waals surface area (Å²) in [5.41, 5.74) is 13.7. The van der Waals surface area contributed by atoms with Crippen LogP contribution >= 0.6 is 0 Å². The Labute approximate surface area is 131 Å². The molecule has 0 fully saturated rings. The number of nitrogens with zero attached hydrogens (tertiary/aromatic N) is 2. The minimum atomic E-state index is 0.441. The van der Waals surface area contributed by atoms with Crippen molar-refractivity contribution in [3.63, 3.8) is 0 Å². The molecule has 3 rings (SSSR count). The molecular weight excluding hydrogens is 270 g/mol. The number of nitrogens with two attached hydrogens (primary N) is 1. The molecule has 1 aromatic heterocycles. The van der Waals surface area contributed by atoms with Crippen molar-refractivity contribution < 1.29 is 0 Å². The Bertz CT molecular complexity index is 798. The van der Waals surface area contributed by atoms with Crippen molar-refractivity contribution in [1.82, 2.24) is 9.78 Å². The Balaban J connectivity index is 2.18. The summed E-state index contributed by atoms with van der Waals surface area (Å²) >= 11 is 0. The Morgan fingerprint density at radius 2 is 1.59 bits per heavy atom. The molecule has 0 saturated heterocycles. The van der Waals surface area contributed by atoms with E-state index in [9.17, 15) is 0 Å². The first kappa shape index (κ1) is 14.5. The van der Waals surface area contributed by atoms with Crippen molar-refractivity contribution in [1.29, 1.82) is 0 Å². The molecule has 0 amide bonds. The first-order valence-corrected chi connectivity index (χ1v) is 7.52. The van der Waals surface area contributed by atoms with Gasteiger partial charge in [-0.05, 0) is 38.5 Å². The van der Waals surface area contributed by atoms with E-state index in [0.29, 0.717) is 6.54 Å². The van der Waals surface area contributed by atoms with Gasteiger partial charge in [0.25, 0.3) is 0 Å². The lowest BCUT2D eigenvalue weighted by Crippen LogP contribution is -2.03. The highest BCUT2D eigenvalue weighted by Gasteiger charge is 2.12. The maximum atomic E-state index is 5.80. The van der Waals surface area contributed by atoms with Gasteiger partial charge in [0, 0.05) is 12.1 Å².